The van der Waals surface area contributed by atoms with Crippen LogP contribution in [0.1, 0.15) is 30.7 Å². The Morgan fingerprint density at radius 1 is 1.25 bits per heavy atom. The predicted molar refractivity (Wildman–Crippen MR) is 87.0 cm³/mol. The fourth-order valence-corrected chi connectivity index (χ4v) is 3.39. The Morgan fingerprint density at radius 3 is 2.50 bits per heavy atom. The largest absolute Gasteiger partial charge is 0.497 e. The number of benzene rings is 1. The van der Waals surface area contributed by atoms with Gasteiger partial charge in [0, 0.05) is 19.1 Å². The molecule has 130 valence electrons. The molecular weight excluding hydrogens is 310 g/mol. The van der Waals surface area contributed by atoms with Crippen molar-refractivity contribution in [2.75, 3.05) is 20.3 Å². The number of hydrogen-bond donors (Lipinski definition) is 2. The van der Waals surface area contributed by atoms with Crippen LogP contribution in [-0.4, -0.2) is 43.3 Å². The fourth-order valence-electron chi connectivity index (χ4n) is 3.39. The summed E-state index contributed by atoms with van der Waals surface area (Å²) in [7, 11) is 1.62. The van der Waals surface area contributed by atoms with Gasteiger partial charge in [-0.2, -0.15) is 0 Å². The normalized spacial score (nSPS) is 24.9. The molecule has 1 aromatic rings. The summed E-state index contributed by atoms with van der Waals surface area (Å²) in [6, 6.07) is 6.86. The van der Waals surface area contributed by atoms with E-state index in [9.17, 15) is 14.7 Å². The van der Waals surface area contributed by atoms with Crippen molar-refractivity contribution in [1.29, 1.82) is 0 Å². The molecule has 0 aromatic heterocycles. The van der Waals surface area contributed by atoms with Crippen LogP contribution in [0.3, 0.4) is 0 Å². The molecule has 3 rings (SSSR count). The smallest absolute Gasteiger partial charge is 0.326 e. The highest BCUT2D eigenvalue weighted by atomic mass is 16.5. The zero-order valence-corrected chi connectivity index (χ0v) is 13.7. The summed E-state index contributed by atoms with van der Waals surface area (Å²) in [6.07, 6.45) is 2.10. The van der Waals surface area contributed by atoms with Crippen LogP contribution in [0.4, 0.5) is 0 Å². The summed E-state index contributed by atoms with van der Waals surface area (Å²) in [4.78, 5) is 24.0. The minimum absolute atomic E-state index is 0.0570. The summed E-state index contributed by atoms with van der Waals surface area (Å²) >= 11 is 0. The molecule has 3 atom stereocenters. The van der Waals surface area contributed by atoms with E-state index in [1.54, 1.807) is 7.11 Å². The Morgan fingerprint density at radius 2 is 1.92 bits per heavy atom. The molecule has 1 saturated heterocycles. The van der Waals surface area contributed by atoms with E-state index in [0.717, 1.165) is 17.7 Å². The number of nitrogens with one attached hydrogen (secondary N) is 1. The van der Waals surface area contributed by atoms with Gasteiger partial charge in [-0.15, -0.1) is 0 Å². The highest BCUT2D eigenvalue weighted by molar-refractivity contribution is 5.87. The lowest BCUT2D eigenvalue weighted by molar-refractivity contribution is -0.144. The van der Waals surface area contributed by atoms with Crippen molar-refractivity contribution in [3.8, 4) is 5.75 Å². The number of methoxy groups -OCH3 is 1. The summed E-state index contributed by atoms with van der Waals surface area (Å²) in [5.41, 5.74) is 1.09. The van der Waals surface area contributed by atoms with E-state index in [4.69, 9.17) is 9.47 Å². The number of carbonyl (C=O) groups is 2. The minimum atomic E-state index is -0.961. The lowest BCUT2D eigenvalue weighted by Gasteiger charge is -2.28. The molecule has 0 radical (unpaired) electrons. The Bertz CT molecular complexity index is 594. The van der Waals surface area contributed by atoms with Crippen LogP contribution in [0.5, 0.6) is 5.75 Å². The van der Waals surface area contributed by atoms with E-state index in [2.05, 4.69) is 5.32 Å². The molecule has 24 heavy (non-hydrogen) atoms. The van der Waals surface area contributed by atoms with Crippen molar-refractivity contribution in [1.82, 2.24) is 5.32 Å². The first-order chi connectivity index (χ1) is 11.6. The summed E-state index contributed by atoms with van der Waals surface area (Å²) in [6.45, 7) is 1.12. The molecule has 0 bridgehead atoms. The molecule has 2 aliphatic rings. The van der Waals surface area contributed by atoms with Crippen LogP contribution in [0.2, 0.25) is 0 Å². The van der Waals surface area contributed by atoms with E-state index in [1.165, 1.54) is 0 Å². The number of ether oxygens (including phenoxy) is 2. The van der Waals surface area contributed by atoms with Crippen LogP contribution >= 0.6 is 0 Å². The standard InChI is InChI=1S/C18H23NO5/c1-23-13-4-2-11(3-5-13)14-10-15(14)17(20)19-16(18(21)22)12-6-8-24-9-7-12/h2-5,12,14-16H,6-10H2,1H3,(H,19,20)(H,21,22)/t14-,15+,16?/m0/s1. The first kappa shape index (κ1) is 16.8. The van der Waals surface area contributed by atoms with Gasteiger partial charge in [-0.1, -0.05) is 12.1 Å². The Balaban J connectivity index is 1.58. The molecule has 1 heterocycles. The zero-order valence-electron chi connectivity index (χ0n) is 13.7. The van der Waals surface area contributed by atoms with Crippen molar-refractivity contribution < 1.29 is 24.2 Å². The van der Waals surface area contributed by atoms with Gasteiger partial charge in [0.2, 0.25) is 5.91 Å². The highest BCUT2D eigenvalue weighted by Crippen LogP contribution is 2.48. The average molecular weight is 333 g/mol. The van der Waals surface area contributed by atoms with Crippen molar-refractivity contribution in [3.63, 3.8) is 0 Å². The Hall–Kier alpha value is -2.08. The first-order valence-electron chi connectivity index (χ1n) is 8.35. The minimum Gasteiger partial charge on any atom is -0.497 e. The molecule has 0 spiro atoms. The van der Waals surface area contributed by atoms with Gasteiger partial charge in [-0.05, 0) is 48.8 Å². The Labute approximate surface area is 141 Å². The van der Waals surface area contributed by atoms with Crippen LogP contribution in [0.25, 0.3) is 0 Å². The summed E-state index contributed by atoms with van der Waals surface area (Å²) < 4.78 is 10.4. The molecule has 1 unspecified atom stereocenters. The van der Waals surface area contributed by atoms with Crippen molar-refractivity contribution in [3.05, 3.63) is 29.8 Å². The molecule has 6 nitrogen and oxygen atoms in total. The predicted octanol–water partition coefficient (Wildman–Crippen LogP) is 1.79. The first-order valence-corrected chi connectivity index (χ1v) is 8.35. The third kappa shape index (κ3) is 3.70. The number of carbonyl (C=O) groups excluding carboxylic acids is 1. The van der Waals surface area contributed by atoms with Gasteiger partial charge in [0.05, 0.1) is 7.11 Å². The zero-order chi connectivity index (χ0) is 17.1. The van der Waals surface area contributed by atoms with Gasteiger partial charge in [0.15, 0.2) is 0 Å². The summed E-state index contributed by atoms with van der Waals surface area (Å²) in [5, 5.41) is 12.2. The third-order valence-electron chi connectivity index (χ3n) is 4.97. The number of carboxylic acids is 1. The van der Waals surface area contributed by atoms with Crippen molar-refractivity contribution in [2.24, 2.45) is 11.8 Å². The molecule has 1 aliphatic carbocycles. The molecule has 1 saturated carbocycles. The van der Waals surface area contributed by atoms with Crippen LogP contribution in [0.15, 0.2) is 24.3 Å². The molecule has 6 heteroatoms. The van der Waals surface area contributed by atoms with Gasteiger partial charge in [-0.3, -0.25) is 4.79 Å². The SMILES string of the molecule is COc1ccc([C@@H]2C[C@H]2C(=O)NC(C(=O)O)C2CCOCC2)cc1. The average Bonchev–Trinajstić information content (AvgIpc) is 3.41. The fraction of sp³-hybridized carbons (Fsp3) is 0.556. The number of amides is 1. The lowest BCUT2D eigenvalue weighted by Crippen LogP contribution is -2.48. The molecule has 2 N–H and O–H groups in total. The number of hydrogen-bond acceptors (Lipinski definition) is 4. The quantitative estimate of drug-likeness (QED) is 0.829. The topological polar surface area (TPSA) is 84.9 Å². The van der Waals surface area contributed by atoms with Gasteiger partial charge in [-0.25, -0.2) is 4.79 Å². The number of carboxylic acid groups (broad SMARTS) is 1. The maximum Gasteiger partial charge on any atom is 0.326 e. The third-order valence-corrected chi connectivity index (χ3v) is 4.97. The van der Waals surface area contributed by atoms with Gasteiger partial charge in [0.1, 0.15) is 11.8 Å². The van der Waals surface area contributed by atoms with Crippen molar-refractivity contribution in [2.45, 2.75) is 31.2 Å². The number of rotatable bonds is 6. The maximum atomic E-state index is 12.4. The van der Waals surface area contributed by atoms with E-state index in [-0.39, 0.29) is 23.7 Å². The monoisotopic (exact) mass is 333 g/mol. The highest BCUT2D eigenvalue weighted by Gasteiger charge is 2.45. The second-order valence-electron chi connectivity index (χ2n) is 6.50. The van der Waals surface area contributed by atoms with Crippen LogP contribution in [-0.2, 0) is 14.3 Å². The van der Waals surface area contributed by atoms with E-state index in [0.29, 0.717) is 26.1 Å². The van der Waals surface area contributed by atoms with Crippen LogP contribution < -0.4 is 10.1 Å². The van der Waals surface area contributed by atoms with E-state index in [1.807, 2.05) is 24.3 Å². The van der Waals surface area contributed by atoms with E-state index >= 15 is 0 Å². The van der Waals surface area contributed by atoms with Crippen LogP contribution in [0, 0.1) is 11.8 Å². The number of aliphatic carboxylic acids is 1. The summed E-state index contributed by atoms with van der Waals surface area (Å²) in [5.74, 6) is -0.365. The van der Waals surface area contributed by atoms with Crippen molar-refractivity contribution >= 4 is 11.9 Å². The maximum absolute atomic E-state index is 12.4. The van der Waals surface area contributed by atoms with Gasteiger partial charge < -0.3 is 19.9 Å². The Kier molecular flexibility index (Phi) is 5.04. The molecule has 1 amide bonds. The molecule has 1 aliphatic heterocycles. The second kappa shape index (κ2) is 7.21. The lowest BCUT2D eigenvalue weighted by atomic mass is 9.91. The molecule has 2 fully saturated rings. The molecule has 1 aromatic carbocycles. The van der Waals surface area contributed by atoms with Gasteiger partial charge in [0.25, 0.3) is 0 Å². The second-order valence-corrected chi connectivity index (χ2v) is 6.50. The van der Waals surface area contributed by atoms with Gasteiger partial charge >= 0.3 is 5.97 Å². The van der Waals surface area contributed by atoms with E-state index < -0.39 is 12.0 Å². The molecular formula is C18H23NO5.